The van der Waals surface area contributed by atoms with Crippen molar-refractivity contribution in [3.8, 4) is 0 Å². The Morgan fingerprint density at radius 1 is 0.806 bits per heavy atom. The van der Waals surface area contributed by atoms with Crippen LogP contribution in [0.1, 0.15) is 12.5 Å². The maximum absolute atomic E-state index is 12.4. The summed E-state index contributed by atoms with van der Waals surface area (Å²) in [5.74, 6) is -0.0511. The third kappa shape index (κ3) is 5.86. The zero-order valence-electron chi connectivity index (χ0n) is 18.0. The highest BCUT2D eigenvalue weighted by Gasteiger charge is 2.18. The maximum atomic E-state index is 12.4. The lowest BCUT2D eigenvalue weighted by Crippen LogP contribution is -2.45. The van der Waals surface area contributed by atoms with Gasteiger partial charge in [0.1, 0.15) is 6.04 Å². The SMILES string of the molecule is CC(Nc1ccc(N2CCN(Cc3ccccc3)CC2)cc1)C(=O)Nc1ccccc1. The van der Waals surface area contributed by atoms with Crippen molar-refractivity contribution in [2.24, 2.45) is 0 Å². The largest absolute Gasteiger partial charge is 0.374 e. The van der Waals surface area contributed by atoms with E-state index in [0.717, 1.165) is 44.1 Å². The molecule has 1 heterocycles. The van der Waals surface area contributed by atoms with Crippen LogP contribution in [0, 0.1) is 0 Å². The molecule has 2 N–H and O–H groups in total. The number of carbonyl (C=O) groups is 1. The molecule has 1 aliphatic rings. The zero-order chi connectivity index (χ0) is 21.5. The van der Waals surface area contributed by atoms with E-state index in [9.17, 15) is 4.79 Å². The lowest BCUT2D eigenvalue weighted by atomic mass is 10.2. The molecule has 160 valence electrons. The highest BCUT2D eigenvalue weighted by Crippen LogP contribution is 2.21. The number of hydrogen-bond donors (Lipinski definition) is 2. The van der Waals surface area contributed by atoms with Crippen LogP contribution < -0.4 is 15.5 Å². The van der Waals surface area contributed by atoms with E-state index >= 15 is 0 Å². The van der Waals surface area contributed by atoms with Gasteiger partial charge in [0.2, 0.25) is 5.91 Å². The molecule has 31 heavy (non-hydrogen) atoms. The van der Waals surface area contributed by atoms with Crippen molar-refractivity contribution in [2.75, 3.05) is 41.7 Å². The van der Waals surface area contributed by atoms with Crippen LogP contribution in [-0.4, -0.2) is 43.0 Å². The first-order valence-electron chi connectivity index (χ1n) is 10.9. The van der Waals surface area contributed by atoms with Gasteiger partial charge in [0.15, 0.2) is 0 Å². The number of para-hydroxylation sites is 1. The highest BCUT2D eigenvalue weighted by molar-refractivity contribution is 5.96. The van der Waals surface area contributed by atoms with Crippen molar-refractivity contribution in [1.82, 2.24) is 4.90 Å². The predicted molar refractivity (Wildman–Crippen MR) is 129 cm³/mol. The monoisotopic (exact) mass is 414 g/mol. The first-order valence-corrected chi connectivity index (χ1v) is 10.9. The average Bonchev–Trinajstić information content (AvgIpc) is 2.81. The summed E-state index contributed by atoms with van der Waals surface area (Å²) in [6.45, 7) is 7.06. The van der Waals surface area contributed by atoms with Gasteiger partial charge >= 0.3 is 0 Å². The second kappa shape index (κ2) is 10.1. The van der Waals surface area contributed by atoms with Crippen molar-refractivity contribution in [2.45, 2.75) is 19.5 Å². The smallest absolute Gasteiger partial charge is 0.246 e. The minimum Gasteiger partial charge on any atom is -0.374 e. The van der Waals surface area contributed by atoms with Crippen LogP contribution in [-0.2, 0) is 11.3 Å². The van der Waals surface area contributed by atoms with Gasteiger partial charge in [0.25, 0.3) is 0 Å². The molecular weight excluding hydrogens is 384 g/mol. The van der Waals surface area contributed by atoms with Crippen molar-refractivity contribution in [3.63, 3.8) is 0 Å². The Labute approximate surface area is 184 Å². The van der Waals surface area contributed by atoms with Crippen LogP contribution in [0.5, 0.6) is 0 Å². The Morgan fingerprint density at radius 2 is 1.42 bits per heavy atom. The Morgan fingerprint density at radius 3 is 2.06 bits per heavy atom. The minimum atomic E-state index is -0.326. The quantitative estimate of drug-likeness (QED) is 0.600. The van der Waals surface area contributed by atoms with E-state index in [4.69, 9.17) is 0 Å². The van der Waals surface area contributed by atoms with Crippen LogP contribution in [0.2, 0.25) is 0 Å². The molecule has 1 atom stereocenters. The molecule has 1 aliphatic heterocycles. The molecule has 0 spiro atoms. The molecule has 1 saturated heterocycles. The molecule has 1 unspecified atom stereocenters. The van der Waals surface area contributed by atoms with E-state index in [2.05, 4.69) is 75.0 Å². The summed E-state index contributed by atoms with van der Waals surface area (Å²) in [6, 6.07) is 28.2. The summed E-state index contributed by atoms with van der Waals surface area (Å²) in [6.07, 6.45) is 0. The number of benzene rings is 3. The van der Waals surface area contributed by atoms with Gasteiger partial charge in [0, 0.05) is 49.8 Å². The van der Waals surface area contributed by atoms with Gasteiger partial charge in [-0.2, -0.15) is 0 Å². The molecule has 1 amide bonds. The third-order valence-corrected chi connectivity index (χ3v) is 5.67. The highest BCUT2D eigenvalue weighted by atomic mass is 16.2. The first-order chi connectivity index (χ1) is 15.2. The summed E-state index contributed by atoms with van der Waals surface area (Å²) >= 11 is 0. The van der Waals surface area contributed by atoms with Gasteiger partial charge in [-0.1, -0.05) is 48.5 Å². The molecular formula is C26H30N4O. The zero-order valence-corrected chi connectivity index (χ0v) is 18.0. The van der Waals surface area contributed by atoms with Crippen LogP contribution >= 0.6 is 0 Å². The van der Waals surface area contributed by atoms with Gasteiger partial charge in [0.05, 0.1) is 0 Å². The van der Waals surface area contributed by atoms with Crippen molar-refractivity contribution < 1.29 is 4.79 Å². The van der Waals surface area contributed by atoms with Gasteiger partial charge in [-0.05, 0) is 48.9 Å². The summed E-state index contributed by atoms with van der Waals surface area (Å²) in [5.41, 5.74) is 4.35. The molecule has 5 nitrogen and oxygen atoms in total. The summed E-state index contributed by atoms with van der Waals surface area (Å²) in [5, 5.41) is 6.22. The number of amides is 1. The van der Waals surface area contributed by atoms with E-state index in [0.29, 0.717) is 0 Å². The van der Waals surface area contributed by atoms with Crippen LogP contribution in [0.25, 0.3) is 0 Å². The van der Waals surface area contributed by atoms with E-state index in [1.54, 1.807) is 0 Å². The van der Waals surface area contributed by atoms with Gasteiger partial charge in [-0.25, -0.2) is 0 Å². The fourth-order valence-corrected chi connectivity index (χ4v) is 3.86. The number of rotatable bonds is 7. The number of piperazine rings is 1. The number of nitrogens with zero attached hydrogens (tertiary/aromatic N) is 2. The molecule has 1 fully saturated rings. The van der Waals surface area contributed by atoms with Crippen LogP contribution in [0.3, 0.4) is 0 Å². The normalized spacial score (nSPS) is 15.3. The van der Waals surface area contributed by atoms with E-state index < -0.39 is 0 Å². The van der Waals surface area contributed by atoms with Crippen molar-refractivity contribution in [3.05, 3.63) is 90.5 Å². The average molecular weight is 415 g/mol. The van der Waals surface area contributed by atoms with Crippen LogP contribution in [0.15, 0.2) is 84.9 Å². The van der Waals surface area contributed by atoms with E-state index in [1.165, 1.54) is 11.3 Å². The Bertz CT molecular complexity index is 952. The summed E-state index contributed by atoms with van der Waals surface area (Å²) in [7, 11) is 0. The number of carbonyl (C=O) groups excluding carboxylic acids is 1. The summed E-state index contributed by atoms with van der Waals surface area (Å²) < 4.78 is 0. The molecule has 5 heteroatoms. The second-order valence-electron chi connectivity index (χ2n) is 8.02. The van der Waals surface area contributed by atoms with E-state index in [-0.39, 0.29) is 11.9 Å². The lowest BCUT2D eigenvalue weighted by Gasteiger charge is -2.36. The number of hydrogen-bond acceptors (Lipinski definition) is 4. The number of anilines is 3. The van der Waals surface area contributed by atoms with Gasteiger partial charge < -0.3 is 15.5 Å². The Hall–Kier alpha value is -3.31. The fourth-order valence-electron chi connectivity index (χ4n) is 3.86. The Balaban J connectivity index is 1.26. The maximum Gasteiger partial charge on any atom is 0.246 e. The molecule has 0 bridgehead atoms. The fraction of sp³-hybridized carbons (Fsp3) is 0.269. The number of nitrogens with one attached hydrogen (secondary N) is 2. The standard InChI is InChI=1S/C26H30N4O/c1-21(26(31)28-23-10-6-3-7-11-23)27-24-12-14-25(15-13-24)30-18-16-29(17-19-30)20-22-8-4-2-5-9-22/h2-15,21,27H,16-20H2,1H3,(H,28,31). The molecule has 0 aliphatic carbocycles. The van der Waals surface area contributed by atoms with Crippen molar-refractivity contribution in [1.29, 1.82) is 0 Å². The van der Waals surface area contributed by atoms with Gasteiger partial charge in [-0.15, -0.1) is 0 Å². The summed E-state index contributed by atoms with van der Waals surface area (Å²) in [4.78, 5) is 17.3. The predicted octanol–water partition coefficient (Wildman–Crippen LogP) is 4.45. The van der Waals surface area contributed by atoms with Gasteiger partial charge in [-0.3, -0.25) is 9.69 Å². The second-order valence-corrected chi connectivity index (χ2v) is 8.02. The van der Waals surface area contributed by atoms with E-state index in [1.807, 2.05) is 37.3 Å². The Kier molecular flexibility index (Phi) is 6.85. The third-order valence-electron chi connectivity index (χ3n) is 5.67. The van der Waals surface area contributed by atoms with Crippen LogP contribution in [0.4, 0.5) is 17.1 Å². The van der Waals surface area contributed by atoms with Crippen molar-refractivity contribution >= 4 is 23.0 Å². The molecule has 0 saturated carbocycles. The lowest BCUT2D eigenvalue weighted by molar-refractivity contribution is -0.116. The molecule has 0 aromatic heterocycles. The molecule has 4 rings (SSSR count). The molecule has 0 radical (unpaired) electrons. The first kappa shape index (κ1) is 20.9. The molecule has 3 aromatic carbocycles. The minimum absolute atomic E-state index is 0.0511. The molecule has 3 aromatic rings. The topological polar surface area (TPSA) is 47.6 Å².